The van der Waals surface area contributed by atoms with Gasteiger partial charge in [-0.2, -0.15) is 0 Å². The van der Waals surface area contributed by atoms with Crippen molar-refractivity contribution in [3.63, 3.8) is 0 Å². The van der Waals surface area contributed by atoms with E-state index in [1.165, 1.54) is 6.07 Å². The highest BCUT2D eigenvalue weighted by molar-refractivity contribution is 9.10. The van der Waals surface area contributed by atoms with E-state index in [2.05, 4.69) is 41.6 Å². The normalized spacial score (nSPS) is 11.4. The Morgan fingerprint density at radius 1 is 1.19 bits per heavy atom. The molecule has 1 heterocycles. The third-order valence-corrected chi connectivity index (χ3v) is 5.34. The van der Waals surface area contributed by atoms with E-state index in [0.29, 0.717) is 31.7 Å². The van der Waals surface area contributed by atoms with Gasteiger partial charge >= 0.3 is 0 Å². The second kappa shape index (κ2) is 5.94. The van der Waals surface area contributed by atoms with Gasteiger partial charge in [-0.15, -0.1) is 0 Å². The molecule has 1 aromatic heterocycles. The lowest BCUT2D eigenvalue weighted by atomic mass is 10.2. The Morgan fingerprint density at radius 3 is 2.48 bits per heavy atom. The number of benzene rings is 1. The SMILES string of the molecule is Cc1nc(Br)ccc1NS(=O)(=O)c1cc(Br)cc(N)c1C. The molecular formula is C13H13Br2N3O2S. The highest BCUT2D eigenvalue weighted by Crippen LogP contribution is 2.28. The Hall–Kier alpha value is -1.12. The summed E-state index contributed by atoms with van der Waals surface area (Å²) in [5.41, 5.74) is 7.75. The van der Waals surface area contributed by atoms with Crippen LogP contribution in [-0.4, -0.2) is 13.4 Å². The van der Waals surface area contributed by atoms with Gasteiger partial charge in [0.1, 0.15) is 4.60 Å². The molecule has 0 atom stereocenters. The molecule has 3 N–H and O–H groups in total. The van der Waals surface area contributed by atoms with Crippen LogP contribution in [0.4, 0.5) is 11.4 Å². The fourth-order valence-electron chi connectivity index (χ4n) is 1.79. The summed E-state index contributed by atoms with van der Waals surface area (Å²) in [7, 11) is -3.74. The molecule has 112 valence electrons. The molecule has 0 aliphatic heterocycles. The van der Waals surface area contributed by atoms with E-state index in [-0.39, 0.29) is 4.90 Å². The van der Waals surface area contributed by atoms with Crippen LogP contribution in [0, 0.1) is 13.8 Å². The number of nitrogens with zero attached hydrogens (tertiary/aromatic N) is 1. The van der Waals surface area contributed by atoms with Crippen molar-refractivity contribution in [2.24, 2.45) is 0 Å². The first-order valence-corrected chi connectivity index (χ1v) is 8.99. The van der Waals surface area contributed by atoms with Crippen molar-refractivity contribution in [2.45, 2.75) is 18.7 Å². The summed E-state index contributed by atoms with van der Waals surface area (Å²) in [5.74, 6) is 0. The van der Waals surface area contributed by atoms with Crippen molar-refractivity contribution in [3.8, 4) is 0 Å². The zero-order valence-electron chi connectivity index (χ0n) is 11.3. The molecule has 2 rings (SSSR count). The van der Waals surface area contributed by atoms with E-state index in [9.17, 15) is 8.42 Å². The number of rotatable bonds is 3. The lowest BCUT2D eigenvalue weighted by molar-refractivity contribution is 0.600. The maximum atomic E-state index is 12.5. The average Bonchev–Trinajstić information content (AvgIpc) is 2.37. The predicted molar refractivity (Wildman–Crippen MR) is 90.8 cm³/mol. The Balaban J connectivity index is 2.48. The molecule has 0 saturated heterocycles. The molecule has 2 aromatic rings. The quantitative estimate of drug-likeness (QED) is 0.570. The highest BCUT2D eigenvalue weighted by atomic mass is 79.9. The summed E-state index contributed by atoms with van der Waals surface area (Å²) in [4.78, 5) is 4.30. The first kappa shape index (κ1) is 16.3. The molecule has 0 spiro atoms. The Morgan fingerprint density at radius 2 is 1.86 bits per heavy atom. The number of anilines is 2. The van der Waals surface area contributed by atoms with Gasteiger partial charge in [-0.25, -0.2) is 13.4 Å². The van der Waals surface area contributed by atoms with E-state index < -0.39 is 10.0 Å². The van der Waals surface area contributed by atoms with Crippen LogP contribution in [0.2, 0.25) is 0 Å². The van der Waals surface area contributed by atoms with Gasteiger partial charge in [0.25, 0.3) is 10.0 Å². The van der Waals surface area contributed by atoms with Crippen molar-refractivity contribution in [1.29, 1.82) is 0 Å². The van der Waals surface area contributed by atoms with Crippen LogP contribution < -0.4 is 10.5 Å². The van der Waals surface area contributed by atoms with Gasteiger partial charge in [0, 0.05) is 10.2 Å². The first-order chi connectivity index (χ1) is 9.70. The third-order valence-electron chi connectivity index (χ3n) is 2.95. The van der Waals surface area contributed by atoms with Gasteiger partial charge < -0.3 is 5.73 Å². The number of aryl methyl sites for hydroxylation is 1. The highest BCUT2D eigenvalue weighted by Gasteiger charge is 2.20. The monoisotopic (exact) mass is 433 g/mol. The minimum absolute atomic E-state index is 0.136. The number of nitrogen functional groups attached to an aromatic ring is 1. The molecule has 1 aromatic carbocycles. The summed E-state index contributed by atoms with van der Waals surface area (Å²) in [6.07, 6.45) is 0. The average molecular weight is 435 g/mol. The van der Waals surface area contributed by atoms with Crippen LogP contribution in [0.3, 0.4) is 0 Å². The number of nitrogens with two attached hydrogens (primary N) is 1. The fraction of sp³-hybridized carbons (Fsp3) is 0.154. The molecule has 5 nitrogen and oxygen atoms in total. The standard InChI is InChI=1S/C13H13Br2N3O2S/c1-7-10(16)5-9(14)6-12(7)21(19,20)18-11-3-4-13(15)17-8(11)2/h3-6,18H,16H2,1-2H3. The number of pyridine rings is 1. The zero-order valence-corrected chi connectivity index (χ0v) is 15.3. The molecule has 21 heavy (non-hydrogen) atoms. The lowest BCUT2D eigenvalue weighted by Gasteiger charge is -2.13. The maximum Gasteiger partial charge on any atom is 0.262 e. The number of sulfonamides is 1. The number of hydrogen-bond donors (Lipinski definition) is 2. The lowest BCUT2D eigenvalue weighted by Crippen LogP contribution is -2.16. The Bertz CT molecular complexity index is 807. The predicted octanol–water partition coefficient (Wildman–Crippen LogP) is 3.61. The number of halogens is 2. The largest absolute Gasteiger partial charge is 0.398 e. The van der Waals surface area contributed by atoms with E-state index in [1.807, 2.05) is 0 Å². The van der Waals surface area contributed by atoms with Gasteiger partial charge in [-0.3, -0.25) is 4.72 Å². The van der Waals surface area contributed by atoms with Gasteiger partial charge in [0.2, 0.25) is 0 Å². The molecule has 8 heteroatoms. The van der Waals surface area contributed by atoms with Crippen LogP contribution in [0.15, 0.2) is 38.2 Å². The van der Waals surface area contributed by atoms with Crippen LogP contribution in [0.25, 0.3) is 0 Å². The second-order valence-corrected chi connectivity index (χ2v) is 7.87. The summed E-state index contributed by atoms with van der Waals surface area (Å²) < 4.78 is 28.9. The van der Waals surface area contributed by atoms with Gasteiger partial charge in [-0.1, -0.05) is 15.9 Å². The molecular weight excluding hydrogens is 422 g/mol. The minimum Gasteiger partial charge on any atom is -0.398 e. The smallest absolute Gasteiger partial charge is 0.262 e. The molecule has 0 saturated carbocycles. The van der Waals surface area contributed by atoms with E-state index in [4.69, 9.17) is 5.73 Å². The number of hydrogen-bond acceptors (Lipinski definition) is 4. The molecule has 0 unspecified atom stereocenters. The summed E-state index contributed by atoms with van der Waals surface area (Å²) in [5, 5.41) is 0. The van der Waals surface area contributed by atoms with Crippen molar-refractivity contribution >= 4 is 53.3 Å². The molecule has 0 bridgehead atoms. The zero-order chi connectivity index (χ0) is 15.8. The minimum atomic E-state index is -3.74. The van der Waals surface area contributed by atoms with Gasteiger partial charge in [-0.05, 0) is 59.6 Å². The van der Waals surface area contributed by atoms with E-state index in [0.717, 1.165) is 0 Å². The van der Waals surface area contributed by atoms with Gasteiger partial charge in [0.05, 0.1) is 16.3 Å². The molecule has 0 fully saturated rings. The molecule has 0 aliphatic carbocycles. The number of aromatic nitrogens is 1. The van der Waals surface area contributed by atoms with Crippen molar-refractivity contribution in [1.82, 2.24) is 4.98 Å². The molecule has 0 amide bonds. The van der Waals surface area contributed by atoms with Crippen molar-refractivity contribution in [3.05, 3.63) is 44.6 Å². The Kier molecular flexibility index (Phi) is 4.60. The summed E-state index contributed by atoms with van der Waals surface area (Å²) >= 11 is 6.50. The topological polar surface area (TPSA) is 85.1 Å². The summed E-state index contributed by atoms with van der Waals surface area (Å²) in [6.45, 7) is 3.40. The van der Waals surface area contributed by atoms with Crippen molar-refractivity contribution < 1.29 is 8.42 Å². The maximum absolute atomic E-state index is 12.5. The third kappa shape index (κ3) is 3.56. The van der Waals surface area contributed by atoms with Crippen molar-refractivity contribution in [2.75, 3.05) is 10.5 Å². The van der Waals surface area contributed by atoms with Crippen LogP contribution in [-0.2, 0) is 10.0 Å². The fourth-order valence-corrected chi connectivity index (χ4v) is 4.23. The van der Waals surface area contributed by atoms with Crippen LogP contribution in [0.5, 0.6) is 0 Å². The van der Waals surface area contributed by atoms with Crippen LogP contribution in [0.1, 0.15) is 11.3 Å². The first-order valence-electron chi connectivity index (χ1n) is 5.92. The van der Waals surface area contributed by atoms with E-state index in [1.54, 1.807) is 32.0 Å². The molecule has 0 radical (unpaired) electrons. The summed E-state index contributed by atoms with van der Waals surface area (Å²) in [6, 6.07) is 6.52. The van der Waals surface area contributed by atoms with Gasteiger partial charge in [0.15, 0.2) is 0 Å². The van der Waals surface area contributed by atoms with E-state index >= 15 is 0 Å². The van der Waals surface area contributed by atoms with Crippen LogP contribution >= 0.6 is 31.9 Å². The number of nitrogens with one attached hydrogen (secondary N) is 1. The second-order valence-electron chi connectivity index (χ2n) is 4.49. The molecule has 0 aliphatic rings. The Labute approximate surface area is 140 Å².